The molecule has 2 aromatic carbocycles. The summed E-state index contributed by atoms with van der Waals surface area (Å²) in [6.07, 6.45) is -2.80. The van der Waals surface area contributed by atoms with Crippen LogP contribution in [0.1, 0.15) is 132 Å². The van der Waals surface area contributed by atoms with Crippen molar-refractivity contribution in [3.8, 4) is 11.1 Å². The number of benzene rings is 2. The predicted molar refractivity (Wildman–Crippen MR) is 195 cm³/mol. The van der Waals surface area contributed by atoms with Gasteiger partial charge in [0.25, 0.3) is 0 Å². The first-order valence-corrected chi connectivity index (χ1v) is 18.7. The number of methoxy groups -OCH3 is 1. The number of esters is 1. The average molecular weight is 767 g/mol. The highest BCUT2D eigenvalue weighted by atomic mass is 19.4. The van der Waals surface area contributed by atoms with Crippen LogP contribution in [0.3, 0.4) is 0 Å². The zero-order valence-corrected chi connectivity index (χ0v) is 31.0. The van der Waals surface area contributed by atoms with E-state index in [2.05, 4.69) is 9.97 Å². The molecule has 292 valence electrons. The Bertz CT molecular complexity index is 2020. The molecular weight excluding hydrogens is 722 g/mol. The van der Waals surface area contributed by atoms with Crippen LogP contribution in [0, 0.1) is 5.41 Å². The molecule has 1 saturated heterocycles. The van der Waals surface area contributed by atoms with Gasteiger partial charge in [-0.1, -0.05) is 38.1 Å². The fourth-order valence-electron chi connectivity index (χ4n) is 8.65. The van der Waals surface area contributed by atoms with Gasteiger partial charge < -0.3 is 14.7 Å². The first-order chi connectivity index (χ1) is 26.0. The average Bonchev–Trinajstić information content (AvgIpc) is 3.16. The van der Waals surface area contributed by atoms with Crippen molar-refractivity contribution in [2.75, 3.05) is 25.1 Å². The lowest BCUT2D eigenvalue weighted by Crippen LogP contribution is -2.36. The van der Waals surface area contributed by atoms with Crippen LogP contribution < -0.4 is 4.90 Å². The van der Waals surface area contributed by atoms with Crippen LogP contribution in [0.25, 0.3) is 11.1 Å². The topological polar surface area (TPSA) is 88.4 Å². The van der Waals surface area contributed by atoms with E-state index in [-0.39, 0.29) is 48.1 Å². The van der Waals surface area contributed by atoms with Crippen LogP contribution in [0.4, 0.5) is 32.3 Å². The summed E-state index contributed by atoms with van der Waals surface area (Å²) in [6.45, 7) is 5.04. The quantitative estimate of drug-likeness (QED) is 0.148. The number of aromatic nitrogens is 3. The molecule has 4 aromatic rings. The number of aliphatic hydroxyl groups excluding tert-OH is 1. The molecule has 2 fully saturated rings. The van der Waals surface area contributed by atoms with Gasteiger partial charge in [-0.3, -0.25) is 4.98 Å². The second-order valence-electron chi connectivity index (χ2n) is 16.0. The molecule has 0 amide bonds. The van der Waals surface area contributed by atoms with Crippen molar-refractivity contribution in [1.82, 2.24) is 15.0 Å². The van der Waals surface area contributed by atoms with Gasteiger partial charge >= 0.3 is 12.1 Å². The SMILES string of the molecule is COC(=O)c1cccc(-c2cnc(N3CCC(c4nc5c(c(C6CCC(F)(F)CC6)c4[C@@H](F)c4ccc(C(F)(F)F)cc4)[C@@H](O)CC(C)(C)C5)CC3)nc2)c1. The number of aliphatic hydroxyl groups is 1. The molecule has 2 aromatic heterocycles. The van der Waals surface area contributed by atoms with Crippen LogP contribution in [0.2, 0.25) is 0 Å². The van der Waals surface area contributed by atoms with Crippen molar-refractivity contribution < 1.29 is 41.0 Å². The number of rotatable bonds is 7. The van der Waals surface area contributed by atoms with Crippen molar-refractivity contribution in [2.24, 2.45) is 5.41 Å². The van der Waals surface area contributed by atoms with E-state index in [1.807, 2.05) is 24.8 Å². The standard InChI is InChI=1S/C42H44F6N4O3/c1-40(2)20-31-34(32(53)21-40)33(24-11-15-41(44,45)16-12-24)35(36(43)25-7-9-30(10-8-25)42(46,47)48)37(51-31)26-13-17-52(18-14-26)39-49-22-29(23-50-39)27-5-4-6-28(19-27)38(54)55-3/h4-10,19,22-24,26,32,36,53H,11-18,20-21H2,1-3H3/t32-,36-/m0/s1. The molecule has 7 rings (SSSR count). The number of ether oxygens (including phenoxy) is 1. The summed E-state index contributed by atoms with van der Waals surface area (Å²) in [5, 5.41) is 11.6. The molecule has 1 N–H and O–H groups in total. The normalized spacial score (nSPS) is 20.8. The van der Waals surface area contributed by atoms with Gasteiger partial charge in [-0.2, -0.15) is 13.2 Å². The molecule has 0 radical (unpaired) electrons. The molecule has 2 aliphatic carbocycles. The van der Waals surface area contributed by atoms with Crippen molar-refractivity contribution in [1.29, 1.82) is 0 Å². The van der Waals surface area contributed by atoms with Crippen molar-refractivity contribution in [2.45, 2.75) is 101 Å². The second kappa shape index (κ2) is 14.9. The lowest BCUT2D eigenvalue weighted by atomic mass is 9.68. The van der Waals surface area contributed by atoms with E-state index in [0.717, 1.165) is 29.8 Å². The van der Waals surface area contributed by atoms with Gasteiger partial charge in [-0.15, -0.1) is 0 Å². The number of carbonyl (C=O) groups excluding carboxylic acids is 1. The molecule has 1 saturated carbocycles. The summed E-state index contributed by atoms with van der Waals surface area (Å²) < 4.78 is 91.7. The highest BCUT2D eigenvalue weighted by Crippen LogP contribution is 2.52. The highest BCUT2D eigenvalue weighted by Gasteiger charge is 2.44. The summed E-state index contributed by atoms with van der Waals surface area (Å²) in [7, 11) is 1.32. The van der Waals surface area contributed by atoms with Gasteiger partial charge in [0, 0.05) is 66.6 Å². The number of carbonyl (C=O) groups is 1. The predicted octanol–water partition coefficient (Wildman–Crippen LogP) is 10.1. The van der Waals surface area contributed by atoms with Crippen LogP contribution in [-0.2, 0) is 17.3 Å². The fraction of sp³-hybridized carbons (Fsp3) is 0.476. The van der Waals surface area contributed by atoms with Gasteiger partial charge in [0.2, 0.25) is 11.9 Å². The van der Waals surface area contributed by atoms with Crippen molar-refractivity contribution in [3.63, 3.8) is 0 Å². The molecular formula is C42H44F6N4O3. The van der Waals surface area contributed by atoms with E-state index in [1.54, 1.807) is 30.6 Å². The number of anilines is 1. The van der Waals surface area contributed by atoms with E-state index >= 15 is 4.39 Å². The summed E-state index contributed by atoms with van der Waals surface area (Å²) in [4.78, 5) is 28.4. The third-order valence-corrected chi connectivity index (χ3v) is 11.5. The maximum absolute atomic E-state index is 17.3. The number of pyridine rings is 1. The molecule has 7 nitrogen and oxygen atoms in total. The molecule has 0 spiro atoms. The number of hydrogen-bond donors (Lipinski definition) is 1. The van der Waals surface area contributed by atoms with Crippen molar-refractivity contribution >= 4 is 11.9 Å². The smallest absolute Gasteiger partial charge is 0.416 e. The fourth-order valence-corrected chi connectivity index (χ4v) is 8.65. The number of fused-ring (bicyclic) bond motifs is 1. The van der Waals surface area contributed by atoms with E-state index in [4.69, 9.17) is 9.72 Å². The van der Waals surface area contributed by atoms with E-state index in [0.29, 0.717) is 78.4 Å². The number of hydrogen-bond acceptors (Lipinski definition) is 7. The summed E-state index contributed by atoms with van der Waals surface area (Å²) in [5.41, 5.74) is 2.93. The Morgan fingerprint density at radius 1 is 0.927 bits per heavy atom. The maximum Gasteiger partial charge on any atom is 0.416 e. The van der Waals surface area contributed by atoms with Crippen LogP contribution >= 0.6 is 0 Å². The number of piperidine rings is 1. The molecule has 1 aliphatic heterocycles. The molecule has 2 atom stereocenters. The van der Waals surface area contributed by atoms with Gasteiger partial charge in [-0.05, 0) is 90.8 Å². The lowest BCUT2D eigenvalue weighted by Gasteiger charge is -2.41. The van der Waals surface area contributed by atoms with Crippen LogP contribution in [0.15, 0.2) is 60.9 Å². The Labute approximate surface area is 316 Å². The number of nitrogens with zero attached hydrogens (tertiary/aromatic N) is 4. The van der Waals surface area contributed by atoms with Gasteiger partial charge in [0.1, 0.15) is 0 Å². The summed E-state index contributed by atoms with van der Waals surface area (Å²) >= 11 is 0. The van der Waals surface area contributed by atoms with E-state index in [9.17, 15) is 31.9 Å². The molecule has 55 heavy (non-hydrogen) atoms. The van der Waals surface area contributed by atoms with Crippen LogP contribution in [0.5, 0.6) is 0 Å². The Balaban J connectivity index is 1.24. The third-order valence-electron chi connectivity index (χ3n) is 11.5. The second-order valence-corrected chi connectivity index (χ2v) is 16.0. The molecule has 0 unspecified atom stereocenters. The maximum atomic E-state index is 17.3. The lowest BCUT2D eigenvalue weighted by molar-refractivity contribution is -0.137. The summed E-state index contributed by atoms with van der Waals surface area (Å²) in [5.74, 6) is -3.56. The Kier molecular flexibility index (Phi) is 10.5. The molecule has 3 heterocycles. The zero-order valence-electron chi connectivity index (χ0n) is 31.0. The largest absolute Gasteiger partial charge is 0.465 e. The van der Waals surface area contributed by atoms with E-state index < -0.39 is 41.8 Å². The summed E-state index contributed by atoms with van der Waals surface area (Å²) in [6, 6.07) is 10.9. The van der Waals surface area contributed by atoms with Gasteiger partial charge in [0.05, 0.1) is 30.0 Å². The zero-order chi connectivity index (χ0) is 39.3. The molecule has 3 aliphatic rings. The monoisotopic (exact) mass is 766 g/mol. The molecule has 13 heteroatoms. The minimum Gasteiger partial charge on any atom is -0.465 e. The Hall–Kier alpha value is -4.52. The van der Waals surface area contributed by atoms with Crippen LogP contribution in [-0.4, -0.2) is 52.1 Å². The van der Waals surface area contributed by atoms with Gasteiger partial charge in [-0.25, -0.2) is 27.9 Å². The highest BCUT2D eigenvalue weighted by molar-refractivity contribution is 5.90. The van der Waals surface area contributed by atoms with Gasteiger partial charge in [0.15, 0.2) is 6.17 Å². The van der Waals surface area contributed by atoms with E-state index in [1.165, 1.54) is 7.11 Å². The Morgan fingerprint density at radius 3 is 2.20 bits per heavy atom. The number of alkyl halides is 6. The Morgan fingerprint density at radius 2 is 1.58 bits per heavy atom. The van der Waals surface area contributed by atoms with Crippen molar-refractivity contribution in [3.05, 3.63) is 106 Å². The minimum absolute atomic E-state index is 0.00654. The minimum atomic E-state index is -4.61. The molecule has 0 bridgehead atoms. The third kappa shape index (κ3) is 8.08. The first kappa shape index (κ1) is 38.7. The number of halogens is 6. The first-order valence-electron chi connectivity index (χ1n) is 18.7.